The molecule has 0 nitrogen and oxygen atoms in total. The molecule has 0 spiro atoms. The van der Waals surface area contributed by atoms with E-state index in [2.05, 4.69) is 53.5 Å². The smallest absolute Gasteiger partial charge is 0.358 e. The molecule has 4 rings (SSSR count). The van der Waals surface area contributed by atoms with Crippen molar-refractivity contribution in [1.82, 2.24) is 0 Å². The summed E-state index contributed by atoms with van der Waals surface area (Å²) in [5.41, 5.74) is 4.30. The average molecular weight is 723 g/mol. The molecule has 0 saturated heterocycles. The summed E-state index contributed by atoms with van der Waals surface area (Å²) in [4.78, 5) is 0. The average Bonchev–Trinajstić information content (AvgIpc) is 3.57. The Labute approximate surface area is 287 Å². The molecule has 0 heterocycles. The molecule has 4 aliphatic rings. The van der Waals surface area contributed by atoms with E-state index in [9.17, 15) is 0 Å². The number of hydrogen-bond donors (Lipinski definition) is 0. The van der Waals surface area contributed by atoms with Crippen LogP contribution in [0.25, 0.3) is 0 Å². The third-order valence-electron chi connectivity index (χ3n) is 8.14. The molecule has 5 unspecified atom stereocenters. The van der Waals surface area contributed by atoms with Gasteiger partial charge >= 0.3 is 34.1 Å². The van der Waals surface area contributed by atoms with Gasteiger partial charge in [0, 0.05) is 5.66 Å². The zero-order valence-corrected chi connectivity index (χ0v) is 33.5. The normalized spacial score (nSPS) is 24.8. The monoisotopic (exact) mass is 722 g/mol. The molecule has 0 amide bonds. The van der Waals surface area contributed by atoms with Gasteiger partial charge in [0.2, 0.25) is 0 Å². The van der Waals surface area contributed by atoms with E-state index in [0.717, 1.165) is 34.5 Å². The van der Waals surface area contributed by atoms with E-state index in [4.69, 9.17) is 0 Å². The van der Waals surface area contributed by atoms with Gasteiger partial charge in [0.05, 0.1) is 0 Å². The molecule has 0 aromatic heterocycles. The minimum Gasteiger partial charge on any atom is -0.358 e. The second-order valence-corrected chi connectivity index (χ2v) is 19.3. The molecule has 4 aliphatic carbocycles. The van der Waals surface area contributed by atoms with Crippen molar-refractivity contribution in [2.75, 3.05) is 33.3 Å². The van der Waals surface area contributed by atoms with Gasteiger partial charge in [-0.1, -0.05) is 67.1 Å². The summed E-state index contributed by atoms with van der Waals surface area (Å²) < 4.78 is 0. The van der Waals surface area contributed by atoms with Gasteiger partial charge in [0.25, 0.3) is 0 Å². The first kappa shape index (κ1) is 61.5. The molecular formula is C34H78Fe2P4. The first-order valence-electron chi connectivity index (χ1n) is 13.7. The Hall–Kier alpha value is 2.50. The van der Waals surface area contributed by atoms with E-state index in [1.165, 1.54) is 107 Å². The second kappa shape index (κ2) is 37.7. The third kappa shape index (κ3) is 29.2. The van der Waals surface area contributed by atoms with Crippen LogP contribution in [0.2, 0.25) is 0 Å². The van der Waals surface area contributed by atoms with Crippen LogP contribution in [0.5, 0.6) is 0 Å². The first-order chi connectivity index (χ1) is 15.3. The van der Waals surface area contributed by atoms with Crippen LogP contribution >= 0.6 is 32.6 Å². The van der Waals surface area contributed by atoms with Gasteiger partial charge in [0.1, 0.15) is 0 Å². The Morgan fingerprint density at radius 2 is 0.950 bits per heavy atom. The largest absolute Gasteiger partial charge is 2.00 e. The maximum atomic E-state index is 3.87. The molecule has 250 valence electrons. The molecule has 5 atom stereocenters. The van der Waals surface area contributed by atoms with Gasteiger partial charge in [-0.15, -0.1) is 32.6 Å². The van der Waals surface area contributed by atoms with Gasteiger partial charge in [0.15, 0.2) is 0 Å². The van der Waals surface area contributed by atoms with Crippen LogP contribution in [-0.4, -0.2) is 62.3 Å². The molecule has 0 N–H and O–H groups in total. The predicted octanol–water partition coefficient (Wildman–Crippen LogP) is 13.4. The fraction of sp³-hybridized carbons (Fsp3) is 0.853. The van der Waals surface area contributed by atoms with E-state index in [-0.39, 0.29) is 78.7 Å². The molecule has 0 aromatic carbocycles. The first-order valence-corrected chi connectivity index (χ1v) is 21.1. The Morgan fingerprint density at radius 3 is 1.10 bits per heavy atom. The van der Waals surface area contributed by atoms with Crippen molar-refractivity contribution in [3.63, 3.8) is 0 Å². The zero-order valence-electron chi connectivity index (χ0n) is 27.6. The fourth-order valence-electron chi connectivity index (χ4n) is 5.65. The van der Waals surface area contributed by atoms with Crippen LogP contribution in [-0.2, 0) is 34.1 Å². The Bertz CT molecular complexity index is 445. The van der Waals surface area contributed by atoms with E-state index in [0.29, 0.717) is 15.8 Å². The molecular weight excluding hydrogens is 644 g/mol. The quantitative estimate of drug-likeness (QED) is 0.154. The summed E-state index contributed by atoms with van der Waals surface area (Å²) in [7, 11) is 3.36. The van der Waals surface area contributed by atoms with E-state index in [1.54, 1.807) is 0 Å². The summed E-state index contributed by atoms with van der Waals surface area (Å²) in [5.74, 6) is 2.02. The van der Waals surface area contributed by atoms with Crippen LogP contribution in [0, 0.1) is 41.5 Å². The van der Waals surface area contributed by atoms with Crippen molar-refractivity contribution in [3.05, 3.63) is 29.7 Å². The van der Waals surface area contributed by atoms with E-state index >= 15 is 0 Å². The summed E-state index contributed by atoms with van der Waals surface area (Å²) in [6, 6.07) is 0. The van der Waals surface area contributed by atoms with Crippen LogP contribution in [0.3, 0.4) is 0 Å². The van der Waals surface area contributed by atoms with Crippen molar-refractivity contribution in [2.45, 2.75) is 141 Å². The molecule has 6 heteroatoms. The van der Waals surface area contributed by atoms with Crippen molar-refractivity contribution >= 4 is 38.9 Å². The molecule has 0 bridgehead atoms. The molecule has 4 fully saturated rings. The molecule has 0 radical (unpaired) electrons. The summed E-state index contributed by atoms with van der Waals surface area (Å²) in [5, 5.41) is 0. The van der Waals surface area contributed by atoms with Gasteiger partial charge in [-0.2, -0.15) is 0 Å². The minimum absolute atomic E-state index is 0. The summed E-state index contributed by atoms with van der Waals surface area (Å²) in [6.07, 6.45) is 24.8. The molecule has 40 heavy (non-hydrogen) atoms. The summed E-state index contributed by atoms with van der Waals surface area (Å²) in [6.45, 7) is 16.7. The van der Waals surface area contributed by atoms with Crippen molar-refractivity contribution in [2.24, 2.45) is 11.8 Å². The van der Waals surface area contributed by atoms with Gasteiger partial charge in [-0.25, -0.2) is 0 Å². The standard InChI is InChI=1S/C7H15P.C7H13P.2C7H15P.2CH4.4CH3.2Fe/c2*1-6-3-4-7(5-6)8-2;2*1-8(2)7-5-3-4-6-7;;;;;;;;/h6-8H,3-5H2,1-2H3;6-7H,2-5H2,1H3;2*7H,3-6H2,1-2H3;2*1H4;4*1H3;;/q;;;;;;4*-1;2*+2. The van der Waals surface area contributed by atoms with Crippen molar-refractivity contribution in [3.8, 4) is 0 Å². The van der Waals surface area contributed by atoms with Gasteiger partial charge < -0.3 is 29.7 Å². The zero-order chi connectivity index (χ0) is 23.9. The second-order valence-electron chi connectivity index (χ2n) is 11.5. The molecule has 0 aliphatic heterocycles. The maximum Gasteiger partial charge on any atom is 2.00 e. The molecule has 4 saturated carbocycles. The van der Waals surface area contributed by atoms with Crippen LogP contribution < -0.4 is 0 Å². The molecule has 0 aromatic rings. The van der Waals surface area contributed by atoms with Crippen LogP contribution in [0.1, 0.15) is 119 Å². The number of hydrogen-bond acceptors (Lipinski definition) is 0. The fourth-order valence-corrected chi connectivity index (χ4v) is 10.4. The van der Waals surface area contributed by atoms with Gasteiger partial charge in [-0.3, -0.25) is 0 Å². The maximum absolute atomic E-state index is 3.87. The van der Waals surface area contributed by atoms with Gasteiger partial charge in [-0.05, 0) is 120 Å². The third-order valence-corrected chi connectivity index (χ3v) is 14.4. The Balaban J connectivity index is -0.0000000533. The SMILES string of the molecule is C.C.C=PC1CCC(C)C1.CP(C)C1CCCC1.CP(C)C1CCCC1.CPC1CCC(C)C1.[CH3-].[CH3-].[CH3-].[CH3-].[Fe+2].[Fe+2]. The van der Waals surface area contributed by atoms with Crippen LogP contribution in [0.4, 0.5) is 0 Å². The van der Waals surface area contributed by atoms with Crippen LogP contribution in [0.15, 0.2) is 0 Å². The Morgan fingerprint density at radius 1 is 0.600 bits per heavy atom. The number of rotatable bonds is 4. The van der Waals surface area contributed by atoms with E-state index in [1.807, 2.05) is 0 Å². The Kier molecular flexibility index (Phi) is 57.9. The van der Waals surface area contributed by atoms with E-state index < -0.39 is 0 Å². The van der Waals surface area contributed by atoms with Crippen molar-refractivity contribution < 1.29 is 34.1 Å². The summed E-state index contributed by atoms with van der Waals surface area (Å²) >= 11 is 0. The predicted molar refractivity (Wildman–Crippen MR) is 203 cm³/mol. The minimum atomic E-state index is 0. The van der Waals surface area contributed by atoms with Crippen molar-refractivity contribution in [1.29, 1.82) is 0 Å². The topological polar surface area (TPSA) is 0 Å².